The number of aryl methyl sites for hydroxylation is 1. The fraction of sp³-hybridized carbons (Fsp3) is 0.294. The highest BCUT2D eigenvalue weighted by Gasteiger charge is 2.20. The van der Waals surface area contributed by atoms with Crippen molar-refractivity contribution < 1.29 is 27.8 Å². The van der Waals surface area contributed by atoms with E-state index in [2.05, 4.69) is 10.1 Å². The number of esters is 1. The summed E-state index contributed by atoms with van der Waals surface area (Å²) in [7, 11) is 0. The van der Waals surface area contributed by atoms with Gasteiger partial charge in [-0.2, -0.15) is 8.78 Å². The lowest BCUT2D eigenvalue weighted by molar-refractivity contribution is -0.153. The van der Waals surface area contributed by atoms with Crippen LogP contribution in [0.4, 0.5) is 14.5 Å². The minimum atomic E-state index is -3.01. The van der Waals surface area contributed by atoms with Crippen LogP contribution >= 0.6 is 11.3 Å². The number of carbonyl (C=O) groups is 2. The number of thiophene rings is 1. The summed E-state index contributed by atoms with van der Waals surface area (Å²) in [5.74, 6) is -1.30. The Balaban J connectivity index is 1.86. The van der Waals surface area contributed by atoms with Crippen molar-refractivity contribution in [3.05, 3.63) is 46.7 Å². The highest BCUT2D eigenvalue weighted by atomic mass is 32.1. The molecule has 0 saturated heterocycles. The molecule has 0 unspecified atom stereocenters. The van der Waals surface area contributed by atoms with Crippen LogP contribution in [0, 0.1) is 0 Å². The summed E-state index contributed by atoms with van der Waals surface area (Å²) in [5, 5.41) is 4.33. The van der Waals surface area contributed by atoms with E-state index in [-0.39, 0.29) is 17.9 Å². The molecule has 1 aromatic carbocycles. The summed E-state index contributed by atoms with van der Waals surface area (Å²) in [5.41, 5.74) is 0.0780. The van der Waals surface area contributed by atoms with Gasteiger partial charge in [0.1, 0.15) is 5.75 Å². The number of amides is 1. The predicted octanol–water partition coefficient (Wildman–Crippen LogP) is 3.85. The van der Waals surface area contributed by atoms with Gasteiger partial charge in [-0.05, 0) is 36.9 Å². The molecule has 1 N–H and O–H groups in total. The first-order valence-electron chi connectivity index (χ1n) is 7.52. The van der Waals surface area contributed by atoms with Gasteiger partial charge in [-0.25, -0.2) is 0 Å². The number of ether oxygens (including phenoxy) is 2. The molecule has 8 heteroatoms. The average molecular weight is 369 g/mol. The first-order chi connectivity index (χ1) is 12.0. The normalized spacial score (nSPS) is 11.8. The van der Waals surface area contributed by atoms with E-state index in [1.54, 1.807) is 6.07 Å². The number of alkyl halides is 2. The highest BCUT2D eigenvalue weighted by Crippen LogP contribution is 2.25. The van der Waals surface area contributed by atoms with E-state index in [4.69, 9.17) is 4.74 Å². The van der Waals surface area contributed by atoms with E-state index in [0.717, 1.165) is 4.88 Å². The summed E-state index contributed by atoms with van der Waals surface area (Å²) in [6.07, 6.45) is -0.366. The molecule has 1 heterocycles. The van der Waals surface area contributed by atoms with Gasteiger partial charge >= 0.3 is 12.6 Å². The van der Waals surface area contributed by atoms with E-state index >= 15 is 0 Å². The smallest absolute Gasteiger partial charge is 0.387 e. The summed E-state index contributed by atoms with van der Waals surface area (Å²) in [6, 6.07) is 9.59. The summed E-state index contributed by atoms with van der Waals surface area (Å²) in [4.78, 5) is 24.9. The summed E-state index contributed by atoms with van der Waals surface area (Å²) in [6.45, 7) is -1.60. The first kappa shape index (κ1) is 18.9. The number of nitrogens with one attached hydrogen (secondary N) is 1. The Morgan fingerprint density at radius 1 is 1.20 bits per heavy atom. The molecule has 0 aliphatic carbocycles. The van der Waals surface area contributed by atoms with Gasteiger partial charge in [0.25, 0.3) is 5.91 Å². The van der Waals surface area contributed by atoms with E-state index in [1.165, 1.54) is 36.5 Å². The topological polar surface area (TPSA) is 64.6 Å². The maximum Gasteiger partial charge on any atom is 0.387 e. The monoisotopic (exact) mass is 369 g/mol. The zero-order chi connectivity index (χ0) is 18.2. The van der Waals surface area contributed by atoms with E-state index in [9.17, 15) is 18.4 Å². The lowest BCUT2D eigenvalue weighted by Gasteiger charge is -2.15. The van der Waals surface area contributed by atoms with Crippen LogP contribution in [-0.4, -0.2) is 24.6 Å². The summed E-state index contributed by atoms with van der Waals surface area (Å²) >= 11 is 1.54. The Hall–Kier alpha value is -2.48. The van der Waals surface area contributed by atoms with Crippen molar-refractivity contribution in [3.8, 4) is 5.75 Å². The Morgan fingerprint density at radius 3 is 2.64 bits per heavy atom. The standard InChI is InChI=1S/C17H17F2NO4S/c1-11(23-15(21)9-8-12-5-4-10-25-12)16(22)20-13-6-2-3-7-14(13)24-17(18)19/h2-7,10-11,17H,8-9H2,1H3,(H,20,22)/t11-/m0/s1. The van der Waals surface area contributed by atoms with Gasteiger partial charge in [0.2, 0.25) is 0 Å². The second kappa shape index (κ2) is 9.12. The molecule has 1 amide bonds. The van der Waals surface area contributed by atoms with Crippen molar-refractivity contribution in [1.82, 2.24) is 0 Å². The molecule has 5 nitrogen and oxygen atoms in total. The molecule has 1 atom stereocenters. The van der Waals surface area contributed by atoms with Crippen molar-refractivity contribution in [2.45, 2.75) is 32.5 Å². The van der Waals surface area contributed by atoms with E-state index in [1.807, 2.05) is 17.5 Å². The third kappa shape index (κ3) is 6.15. The van der Waals surface area contributed by atoms with Crippen molar-refractivity contribution in [3.63, 3.8) is 0 Å². The third-order valence-electron chi connectivity index (χ3n) is 3.19. The number of para-hydroxylation sites is 2. The van der Waals surface area contributed by atoms with Gasteiger partial charge in [-0.3, -0.25) is 9.59 Å². The summed E-state index contributed by atoms with van der Waals surface area (Å²) < 4.78 is 34.1. The van der Waals surface area contributed by atoms with Crippen LogP contribution in [0.15, 0.2) is 41.8 Å². The second-order valence-corrected chi connectivity index (χ2v) is 6.11. The average Bonchev–Trinajstić information content (AvgIpc) is 3.07. The number of benzene rings is 1. The number of hydrogen-bond donors (Lipinski definition) is 1. The van der Waals surface area contributed by atoms with Crippen LogP contribution in [0.5, 0.6) is 5.75 Å². The van der Waals surface area contributed by atoms with Crippen LogP contribution in [0.2, 0.25) is 0 Å². The molecular formula is C17H17F2NO4S. The maximum absolute atomic E-state index is 12.4. The molecule has 2 rings (SSSR count). The molecule has 0 saturated carbocycles. The number of halogens is 2. The molecule has 0 aliphatic heterocycles. The third-order valence-corrected chi connectivity index (χ3v) is 4.13. The zero-order valence-electron chi connectivity index (χ0n) is 13.4. The first-order valence-corrected chi connectivity index (χ1v) is 8.40. The molecule has 0 fully saturated rings. The van der Waals surface area contributed by atoms with Crippen LogP contribution in [0.1, 0.15) is 18.2 Å². The van der Waals surface area contributed by atoms with E-state index < -0.39 is 24.6 Å². The van der Waals surface area contributed by atoms with Gasteiger partial charge in [0.05, 0.1) is 12.1 Å². The Bertz CT molecular complexity index is 706. The van der Waals surface area contributed by atoms with Crippen LogP contribution in [0.3, 0.4) is 0 Å². The zero-order valence-corrected chi connectivity index (χ0v) is 14.2. The minimum Gasteiger partial charge on any atom is -0.453 e. The molecule has 0 radical (unpaired) electrons. The highest BCUT2D eigenvalue weighted by molar-refractivity contribution is 7.09. The quantitative estimate of drug-likeness (QED) is 0.718. The number of carbonyl (C=O) groups excluding carboxylic acids is 2. The molecule has 1 aromatic heterocycles. The van der Waals surface area contributed by atoms with Crippen molar-refractivity contribution in [1.29, 1.82) is 0 Å². The lowest BCUT2D eigenvalue weighted by Crippen LogP contribution is -2.30. The minimum absolute atomic E-state index is 0.0780. The van der Waals surface area contributed by atoms with Crippen molar-refractivity contribution in [2.75, 3.05) is 5.32 Å². The van der Waals surface area contributed by atoms with Crippen LogP contribution < -0.4 is 10.1 Å². The molecule has 0 spiro atoms. The van der Waals surface area contributed by atoms with Gasteiger partial charge in [-0.15, -0.1) is 11.3 Å². The predicted molar refractivity (Wildman–Crippen MR) is 89.9 cm³/mol. The van der Waals surface area contributed by atoms with Crippen molar-refractivity contribution in [2.24, 2.45) is 0 Å². The Labute approximate surface area is 147 Å². The molecule has 0 bridgehead atoms. The number of hydrogen-bond acceptors (Lipinski definition) is 5. The lowest BCUT2D eigenvalue weighted by atomic mass is 10.2. The fourth-order valence-corrected chi connectivity index (χ4v) is 2.70. The Morgan fingerprint density at radius 2 is 1.96 bits per heavy atom. The largest absolute Gasteiger partial charge is 0.453 e. The Kier molecular flexibility index (Phi) is 6.88. The van der Waals surface area contributed by atoms with Gasteiger partial charge in [0, 0.05) is 4.88 Å². The molecule has 25 heavy (non-hydrogen) atoms. The van der Waals surface area contributed by atoms with Crippen LogP contribution in [0.25, 0.3) is 0 Å². The van der Waals surface area contributed by atoms with Gasteiger partial charge in [0.15, 0.2) is 6.10 Å². The number of anilines is 1. The maximum atomic E-state index is 12.4. The molecular weight excluding hydrogens is 352 g/mol. The van der Waals surface area contributed by atoms with Gasteiger partial charge < -0.3 is 14.8 Å². The van der Waals surface area contributed by atoms with E-state index in [0.29, 0.717) is 6.42 Å². The molecule has 134 valence electrons. The number of rotatable bonds is 8. The SMILES string of the molecule is C[C@H](OC(=O)CCc1cccs1)C(=O)Nc1ccccc1OC(F)F. The second-order valence-electron chi connectivity index (χ2n) is 5.08. The fourth-order valence-electron chi connectivity index (χ4n) is 1.99. The van der Waals surface area contributed by atoms with Crippen LogP contribution in [-0.2, 0) is 20.7 Å². The molecule has 2 aromatic rings. The van der Waals surface area contributed by atoms with Gasteiger partial charge in [-0.1, -0.05) is 18.2 Å². The molecule has 0 aliphatic rings. The van der Waals surface area contributed by atoms with Crippen molar-refractivity contribution >= 4 is 28.9 Å².